The van der Waals surface area contributed by atoms with E-state index in [4.69, 9.17) is 15.2 Å². The van der Waals surface area contributed by atoms with Gasteiger partial charge in [-0.05, 0) is 13.3 Å². The number of rotatable bonds is 5. The van der Waals surface area contributed by atoms with E-state index in [0.717, 1.165) is 6.42 Å². The van der Waals surface area contributed by atoms with Crippen LogP contribution in [0, 0.1) is 0 Å². The minimum Gasteiger partial charge on any atom is -0.376 e. The van der Waals surface area contributed by atoms with Crippen molar-refractivity contribution in [2.75, 3.05) is 26.4 Å². The predicted molar refractivity (Wildman–Crippen MR) is 68.3 cm³/mol. The van der Waals surface area contributed by atoms with Crippen LogP contribution in [-0.2, 0) is 14.3 Å². The van der Waals surface area contributed by atoms with Gasteiger partial charge in [0.25, 0.3) is 0 Å². The van der Waals surface area contributed by atoms with Crippen LogP contribution in [0.5, 0.6) is 0 Å². The topological polar surface area (TPSA) is 73.6 Å². The molecule has 2 unspecified atom stereocenters. The van der Waals surface area contributed by atoms with Crippen LogP contribution in [0.15, 0.2) is 0 Å². The molecule has 1 aliphatic heterocycles. The summed E-state index contributed by atoms with van der Waals surface area (Å²) < 4.78 is 10.7. The van der Waals surface area contributed by atoms with E-state index in [1.807, 2.05) is 6.92 Å². The fourth-order valence-corrected chi connectivity index (χ4v) is 1.70. The molecular formula is C11H23ClN2O3. The quantitative estimate of drug-likeness (QED) is 0.758. The first-order valence-corrected chi connectivity index (χ1v) is 5.83. The summed E-state index contributed by atoms with van der Waals surface area (Å²) in [6.45, 7) is 6.00. The maximum absolute atomic E-state index is 11.8. The van der Waals surface area contributed by atoms with Gasteiger partial charge in [0.2, 0.25) is 5.91 Å². The number of carbonyl (C=O) groups is 1. The molecule has 0 radical (unpaired) electrons. The molecule has 6 heteroatoms. The van der Waals surface area contributed by atoms with Gasteiger partial charge in [-0.1, -0.05) is 13.3 Å². The zero-order valence-electron chi connectivity index (χ0n) is 10.5. The van der Waals surface area contributed by atoms with Gasteiger partial charge in [-0.15, -0.1) is 12.4 Å². The summed E-state index contributed by atoms with van der Waals surface area (Å²) in [5.74, 6) is -0.122. The summed E-state index contributed by atoms with van der Waals surface area (Å²) in [5, 5.41) is 2.81. The number of amides is 1. The third-order valence-corrected chi connectivity index (χ3v) is 2.66. The molecule has 1 heterocycles. The largest absolute Gasteiger partial charge is 0.376 e. The van der Waals surface area contributed by atoms with E-state index in [1.165, 1.54) is 0 Å². The second kappa shape index (κ2) is 7.87. The standard InChI is InChI=1S/C11H22N2O3.ClH/c1-3-4-11(2,12)10(14)13-7-9-8-15-5-6-16-9;/h9H,3-8,12H2,1-2H3,(H,13,14);1H. The monoisotopic (exact) mass is 266 g/mol. The van der Waals surface area contributed by atoms with Gasteiger partial charge in [-0.2, -0.15) is 0 Å². The van der Waals surface area contributed by atoms with Gasteiger partial charge in [0.15, 0.2) is 0 Å². The molecule has 0 spiro atoms. The van der Waals surface area contributed by atoms with Crippen molar-refractivity contribution >= 4 is 18.3 Å². The van der Waals surface area contributed by atoms with Crippen molar-refractivity contribution < 1.29 is 14.3 Å². The van der Waals surface area contributed by atoms with Crippen molar-refractivity contribution in [2.45, 2.75) is 38.3 Å². The Kier molecular flexibility index (Phi) is 7.70. The Morgan fingerprint density at radius 3 is 2.76 bits per heavy atom. The third-order valence-electron chi connectivity index (χ3n) is 2.66. The molecule has 3 N–H and O–H groups in total. The van der Waals surface area contributed by atoms with Crippen molar-refractivity contribution in [3.8, 4) is 0 Å². The average Bonchev–Trinajstić information content (AvgIpc) is 2.27. The lowest BCUT2D eigenvalue weighted by molar-refractivity contribution is -0.128. The molecule has 1 fully saturated rings. The van der Waals surface area contributed by atoms with Crippen LogP contribution in [0.4, 0.5) is 0 Å². The summed E-state index contributed by atoms with van der Waals surface area (Å²) >= 11 is 0. The molecule has 17 heavy (non-hydrogen) atoms. The van der Waals surface area contributed by atoms with Crippen LogP contribution in [0.3, 0.4) is 0 Å². The number of carbonyl (C=O) groups excluding carboxylic acids is 1. The van der Waals surface area contributed by atoms with Gasteiger partial charge in [0.05, 0.1) is 31.5 Å². The molecule has 2 atom stereocenters. The molecule has 0 aliphatic carbocycles. The van der Waals surface area contributed by atoms with Crippen molar-refractivity contribution in [3.63, 3.8) is 0 Å². The van der Waals surface area contributed by atoms with E-state index in [0.29, 0.717) is 32.8 Å². The highest BCUT2D eigenvalue weighted by Crippen LogP contribution is 2.08. The third kappa shape index (κ3) is 5.68. The molecule has 0 saturated carbocycles. The normalized spacial score (nSPS) is 23.4. The fourth-order valence-electron chi connectivity index (χ4n) is 1.70. The maximum atomic E-state index is 11.8. The fraction of sp³-hybridized carbons (Fsp3) is 0.909. The van der Waals surface area contributed by atoms with E-state index in [2.05, 4.69) is 5.32 Å². The highest BCUT2D eigenvalue weighted by Gasteiger charge is 2.27. The SMILES string of the molecule is CCCC(C)(N)C(=O)NCC1COCCO1.Cl. The summed E-state index contributed by atoms with van der Waals surface area (Å²) in [6, 6.07) is 0. The molecule has 1 saturated heterocycles. The average molecular weight is 267 g/mol. The smallest absolute Gasteiger partial charge is 0.239 e. The van der Waals surface area contributed by atoms with Crippen LogP contribution < -0.4 is 11.1 Å². The van der Waals surface area contributed by atoms with Gasteiger partial charge in [-0.3, -0.25) is 4.79 Å². The molecule has 1 amide bonds. The predicted octanol–water partition coefficient (Wildman–Crippen LogP) is 0.457. The van der Waals surface area contributed by atoms with Crippen molar-refractivity contribution in [1.82, 2.24) is 5.32 Å². The van der Waals surface area contributed by atoms with Gasteiger partial charge < -0.3 is 20.5 Å². The van der Waals surface area contributed by atoms with Gasteiger partial charge in [0.1, 0.15) is 0 Å². The Labute approximate surface area is 109 Å². The van der Waals surface area contributed by atoms with Crippen molar-refractivity contribution in [3.05, 3.63) is 0 Å². The molecule has 0 aromatic rings. The van der Waals surface area contributed by atoms with Crippen LogP contribution >= 0.6 is 12.4 Å². The molecule has 102 valence electrons. The van der Waals surface area contributed by atoms with Crippen molar-refractivity contribution in [2.24, 2.45) is 5.73 Å². The summed E-state index contributed by atoms with van der Waals surface area (Å²) in [6.07, 6.45) is 1.53. The first kappa shape index (κ1) is 16.6. The Morgan fingerprint density at radius 1 is 1.53 bits per heavy atom. The van der Waals surface area contributed by atoms with Crippen LogP contribution in [0.2, 0.25) is 0 Å². The number of hydrogen-bond acceptors (Lipinski definition) is 4. The highest BCUT2D eigenvalue weighted by molar-refractivity contribution is 5.85. The highest BCUT2D eigenvalue weighted by atomic mass is 35.5. The Hall–Kier alpha value is -0.360. The Balaban J connectivity index is 0.00000256. The molecular weight excluding hydrogens is 244 g/mol. The molecule has 1 aliphatic rings. The van der Waals surface area contributed by atoms with E-state index in [9.17, 15) is 4.79 Å². The van der Waals surface area contributed by atoms with Crippen LogP contribution in [-0.4, -0.2) is 43.9 Å². The van der Waals surface area contributed by atoms with Gasteiger partial charge >= 0.3 is 0 Å². The number of hydrogen-bond donors (Lipinski definition) is 2. The van der Waals surface area contributed by atoms with E-state index < -0.39 is 5.54 Å². The van der Waals surface area contributed by atoms with Crippen LogP contribution in [0.25, 0.3) is 0 Å². The minimum atomic E-state index is -0.787. The maximum Gasteiger partial charge on any atom is 0.239 e. The first-order valence-electron chi connectivity index (χ1n) is 5.83. The lowest BCUT2D eigenvalue weighted by Gasteiger charge is -2.26. The molecule has 5 nitrogen and oxygen atoms in total. The number of nitrogens with two attached hydrogens (primary N) is 1. The van der Waals surface area contributed by atoms with Crippen LogP contribution in [0.1, 0.15) is 26.7 Å². The van der Waals surface area contributed by atoms with E-state index in [1.54, 1.807) is 6.92 Å². The summed E-state index contributed by atoms with van der Waals surface area (Å²) in [4.78, 5) is 11.8. The molecule has 0 bridgehead atoms. The Morgan fingerprint density at radius 2 is 2.24 bits per heavy atom. The lowest BCUT2D eigenvalue weighted by Crippen LogP contribution is -2.53. The molecule has 0 aromatic heterocycles. The zero-order valence-corrected chi connectivity index (χ0v) is 11.3. The van der Waals surface area contributed by atoms with E-state index in [-0.39, 0.29) is 24.4 Å². The number of nitrogens with one attached hydrogen (secondary N) is 1. The second-order valence-corrected chi connectivity index (χ2v) is 4.45. The van der Waals surface area contributed by atoms with Gasteiger partial charge in [-0.25, -0.2) is 0 Å². The van der Waals surface area contributed by atoms with Gasteiger partial charge in [0, 0.05) is 6.54 Å². The number of halogens is 1. The molecule has 1 rings (SSSR count). The second-order valence-electron chi connectivity index (χ2n) is 4.45. The minimum absolute atomic E-state index is 0. The van der Waals surface area contributed by atoms with E-state index >= 15 is 0 Å². The van der Waals surface area contributed by atoms with Crippen molar-refractivity contribution in [1.29, 1.82) is 0 Å². The molecule has 0 aromatic carbocycles. The summed E-state index contributed by atoms with van der Waals surface area (Å²) in [7, 11) is 0. The Bertz CT molecular complexity index is 231. The number of ether oxygens (including phenoxy) is 2. The first-order chi connectivity index (χ1) is 7.56. The zero-order chi connectivity index (χ0) is 12.0. The summed E-state index contributed by atoms with van der Waals surface area (Å²) in [5.41, 5.74) is 5.11. The lowest BCUT2D eigenvalue weighted by atomic mass is 9.96.